The first-order chi connectivity index (χ1) is 17.5. The lowest BCUT2D eigenvalue weighted by Crippen LogP contribution is -2.52. The maximum atomic E-state index is 14.9. The van der Waals surface area contributed by atoms with Crippen LogP contribution in [-0.4, -0.2) is 68.1 Å². The molecule has 0 saturated carbocycles. The molecule has 1 aromatic carbocycles. The number of hydrogen-bond acceptors (Lipinski definition) is 6. The van der Waals surface area contributed by atoms with Crippen LogP contribution in [0, 0.1) is 17.7 Å². The summed E-state index contributed by atoms with van der Waals surface area (Å²) in [5.41, 5.74) is 0.410. The van der Waals surface area contributed by atoms with Crippen molar-refractivity contribution < 1.29 is 23.5 Å². The molecule has 8 nitrogen and oxygen atoms in total. The van der Waals surface area contributed by atoms with Gasteiger partial charge in [0.05, 0.1) is 21.5 Å². The second kappa shape index (κ2) is 13.3. The fourth-order valence-electron chi connectivity index (χ4n) is 4.17. The van der Waals surface area contributed by atoms with Crippen LogP contribution < -0.4 is 15.5 Å². The second-order valence-electron chi connectivity index (χ2n) is 9.82. The van der Waals surface area contributed by atoms with E-state index in [0.29, 0.717) is 28.9 Å². The molecule has 0 aliphatic carbocycles. The number of ether oxygens (including phenoxy) is 1. The van der Waals surface area contributed by atoms with Gasteiger partial charge in [0.15, 0.2) is 0 Å². The molecule has 2 N–H and O–H groups in total. The number of morpholine rings is 1. The highest BCUT2D eigenvalue weighted by molar-refractivity contribution is 7.18. The highest BCUT2D eigenvalue weighted by Crippen LogP contribution is 2.25. The Hall–Kier alpha value is -2.53. The van der Waals surface area contributed by atoms with Gasteiger partial charge in [-0.1, -0.05) is 39.3 Å². The van der Waals surface area contributed by atoms with E-state index < -0.39 is 11.9 Å². The number of anilines is 2. The van der Waals surface area contributed by atoms with Gasteiger partial charge in [0, 0.05) is 31.9 Å². The van der Waals surface area contributed by atoms with Crippen LogP contribution in [0.4, 0.5) is 15.8 Å². The van der Waals surface area contributed by atoms with Gasteiger partial charge in [0.25, 0.3) is 11.8 Å². The van der Waals surface area contributed by atoms with Crippen LogP contribution in [0.5, 0.6) is 0 Å². The molecule has 0 radical (unpaired) electrons. The predicted octanol–water partition coefficient (Wildman–Crippen LogP) is 4.25. The molecule has 0 bridgehead atoms. The maximum Gasteiger partial charge on any atom is 0.261 e. The van der Waals surface area contributed by atoms with Gasteiger partial charge in [-0.25, -0.2) is 4.39 Å². The van der Waals surface area contributed by atoms with Gasteiger partial charge < -0.3 is 20.3 Å². The van der Waals surface area contributed by atoms with E-state index in [-0.39, 0.29) is 60.6 Å². The van der Waals surface area contributed by atoms with E-state index in [4.69, 9.17) is 16.3 Å². The Labute approximate surface area is 226 Å². The first-order valence-corrected chi connectivity index (χ1v) is 13.5. The number of carbonyl (C=O) groups excluding carboxylic acids is 3. The van der Waals surface area contributed by atoms with Crippen LogP contribution in [-0.2, 0) is 14.3 Å². The number of carbonyl (C=O) groups is 3. The van der Waals surface area contributed by atoms with E-state index in [9.17, 15) is 18.8 Å². The van der Waals surface area contributed by atoms with E-state index in [0.717, 1.165) is 11.3 Å². The van der Waals surface area contributed by atoms with E-state index in [2.05, 4.69) is 38.3 Å². The monoisotopic (exact) mass is 552 g/mol. The van der Waals surface area contributed by atoms with Gasteiger partial charge in [-0.3, -0.25) is 19.3 Å². The third kappa shape index (κ3) is 8.23. The highest BCUT2D eigenvalue weighted by atomic mass is 35.5. The Kier molecular flexibility index (Phi) is 10.5. The molecule has 202 valence electrons. The van der Waals surface area contributed by atoms with Crippen LogP contribution in [0.15, 0.2) is 30.3 Å². The standard InChI is InChI=1S/C26H34ClFN4O4S/c1-16(2)13-31(14-17(3)4)21(12-29-26(35)22-7-8-23(27)37-22)25(34)30-18-5-6-20(19(28)11-18)32-9-10-36-15-24(32)33/h5-8,11,16-17,21H,9-10,12-15H2,1-4H3,(H,29,35)(H,30,34)/t21-/m0/s1. The molecule has 1 aliphatic rings. The molecular weight excluding hydrogens is 519 g/mol. The van der Waals surface area contributed by atoms with Gasteiger partial charge in [-0.2, -0.15) is 0 Å². The minimum Gasteiger partial charge on any atom is -0.370 e. The SMILES string of the molecule is CC(C)CN(CC(C)C)[C@@H](CNC(=O)c1ccc(Cl)s1)C(=O)Nc1ccc(N2CCOCC2=O)c(F)c1. The van der Waals surface area contributed by atoms with Crippen LogP contribution in [0.1, 0.15) is 37.4 Å². The molecule has 1 aromatic heterocycles. The van der Waals surface area contributed by atoms with E-state index in [1.807, 2.05) is 4.90 Å². The van der Waals surface area contributed by atoms with Crippen molar-refractivity contribution in [3.05, 3.63) is 45.4 Å². The fourth-order valence-corrected chi connectivity index (χ4v) is 5.13. The molecular formula is C26H34ClFN4O4S. The molecule has 1 atom stereocenters. The van der Waals surface area contributed by atoms with Gasteiger partial charge in [-0.15, -0.1) is 11.3 Å². The molecule has 3 rings (SSSR count). The number of nitrogens with one attached hydrogen (secondary N) is 2. The van der Waals surface area contributed by atoms with Crippen molar-refractivity contribution in [3.63, 3.8) is 0 Å². The summed E-state index contributed by atoms with van der Waals surface area (Å²) >= 11 is 7.13. The summed E-state index contributed by atoms with van der Waals surface area (Å²) in [6, 6.07) is 6.85. The quantitative estimate of drug-likeness (QED) is 0.435. The van der Waals surface area contributed by atoms with Crippen LogP contribution >= 0.6 is 22.9 Å². The molecule has 2 heterocycles. The van der Waals surface area contributed by atoms with Crippen molar-refractivity contribution in [1.82, 2.24) is 10.2 Å². The van der Waals surface area contributed by atoms with Gasteiger partial charge in [0.2, 0.25) is 5.91 Å². The Bertz CT molecular complexity index is 1100. The lowest BCUT2D eigenvalue weighted by molar-refractivity contribution is -0.125. The lowest BCUT2D eigenvalue weighted by Gasteiger charge is -2.33. The number of rotatable bonds is 11. The fraction of sp³-hybridized carbons (Fsp3) is 0.500. The van der Waals surface area contributed by atoms with E-state index in [1.165, 1.54) is 17.0 Å². The number of nitrogens with zero attached hydrogens (tertiary/aromatic N) is 2. The van der Waals surface area contributed by atoms with Gasteiger partial charge >= 0.3 is 0 Å². The minimum atomic E-state index is -0.687. The molecule has 1 fully saturated rings. The van der Waals surface area contributed by atoms with Crippen molar-refractivity contribution >= 4 is 52.0 Å². The smallest absolute Gasteiger partial charge is 0.261 e. The van der Waals surface area contributed by atoms with Crippen LogP contribution in [0.3, 0.4) is 0 Å². The summed E-state index contributed by atoms with van der Waals surface area (Å²) in [6.45, 7) is 10.1. The Balaban J connectivity index is 1.79. The highest BCUT2D eigenvalue weighted by Gasteiger charge is 2.29. The van der Waals surface area contributed by atoms with Crippen molar-refractivity contribution in [1.29, 1.82) is 0 Å². The van der Waals surface area contributed by atoms with Crippen molar-refractivity contribution in [3.8, 4) is 0 Å². The predicted molar refractivity (Wildman–Crippen MR) is 145 cm³/mol. The summed E-state index contributed by atoms with van der Waals surface area (Å²) in [5.74, 6) is -1.04. The van der Waals surface area contributed by atoms with Crippen molar-refractivity contribution in [2.45, 2.75) is 33.7 Å². The molecule has 37 heavy (non-hydrogen) atoms. The molecule has 11 heteroatoms. The minimum absolute atomic E-state index is 0.0719. The Morgan fingerprint density at radius 1 is 1.16 bits per heavy atom. The number of halogens is 2. The first kappa shape index (κ1) is 29.0. The normalized spacial score (nSPS) is 14.9. The summed E-state index contributed by atoms with van der Waals surface area (Å²) in [7, 11) is 0. The van der Waals surface area contributed by atoms with Crippen molar-refractivity contribution in [2.75, 3.05) is 49.6 Å². The number of hydrogen-bond donors (Lipinski definition) is 2. The van der Waals surface area contributed by atoms with Crippen molar-refractivity contribution in [2.24, 2.45) is 11.8 Å². The number of thiophene rings is 1. The summed E-state index contributed by atoms with van der Waals surface area (Å²) in [6.07, 6.45) is 0. The summed E-state index contributed by atoms with van der Waals surface area (Å²) < 4.78 is 20.6. The van der Waals surface area contributed by atoms with E-state index in [1.54, 1.807) is 18.2 Å². The van der Waals surface area contributed by atoms with Crippen LogP contribution in [0.2, 0.25) is 4.34 Å². The third-order valence-corrected chi connectivity index (χ3v) is 6.92. The average molecular weight is 553 g/mol. The molecule has 1 aliphatic heterocycles. The average Bonchev–Trinajstić information content (AvgIpc) is 3.25. The first-order valence-electron chi connectivity index (χ1n) is 12.3. The number of benzene rings is 1. The van der Waals surface area contributed by atoms with Crippen LogP contribution in [0.25, 0.3) is 0 Å². The largest absolute Gasteiger partial charge is 0.370 e. The zero-order valence-corrected chi connectivity index (χ0v) is 23.1. The third-order valence-electron chi connectivity index (χ3n) is 5.69. The Morgan fingerprint density at radius 2 is 1.86 bits per heavy atom. The zero-order chi connectivity index (χ0) is 27.1. The zero-order valence-electron chi connectivity index (χ0n) is 21.6. The Morgan fingerprint density at radius 3 is 2.43 bits per heavy atom. The molecule has 1 saturated heterocycles. The topological polar surface area (TPSA) is 91.0 Å². The van der Waals surface area contributed by atoms with Gasteiger partial charge in [0.1, 0.15) is 18.5 Å². The lowest BCUT2D eigenvalue weighted by atomic mass is 10.1. The maximum absolute atomic E-state index is 14.9. The molecule has 0 spiro atoms. The summed E-state index contributed by atoms with van der Waals surface area (Å²) in [4.78, 5) is 42.1. The van der Waals surface area contributed by atoms with E-state index >= 15 is 0 Å². The summed E-state index contributed by atoms with van der Waals surface area (Å²) in [5, 5.41) is 5.65. The second-order valence-corrected chi connectivity index (χ2v) is 11.5. The molecule has 3 amide bonds. The number of amides is 3. The molecule has 0 unspecified atom stereocenters. The van der Waals surface area contributed by atoms with Gasteiger partial charge in [-0.05, 0) is 42.2 Å². The molecule has 2 aromatic rings.